The largest absolute Gasteiger partial charge is 0.352 e. The van der Waals surface area contributed by atoms with E-state index in [1.54, 1.807) is 0 Å². The molecule has 0 bridgehead atoms. The third-order valence-corrected chi connectivity index (χ3v) is 3.67. The number of hydrogen-bond donors (Lipinski definition) is 1. The van der Waals surface area contributed by atoms with Crippen LogP contribution in [0, 0.1) is 0 Å². The zero-order chi connectivity index (χ0) is 12.4. The number of aromatic amines is 1. The van der Waals surface area contributed by atoms with Gasteiger partial charge < -0.3 is 9.88 Å². The van der Waals surface area contributed by atoms with Crippen LogP contribution < -0.4 is 10.5 Å². The van der Waals surface area contributed by atoms with Gasteiger partial charge in [0.2, 0.25) is 0 Å². The SMILES string of the molecule is CCC1CN(c2nc[nH]c(=O)c2Cl)CCN1C. The van der Waals surface area contributed by atoms with E-state index in [0.717, 1.165) is 26.1 Å². The van der Waals surface area contributed by atoms with Gasteiger partial charge in [-0.2, -0.15) is 0 Å². The van der Waals surface area contributed by atoms with Crippen molar-refractivity contribution in [3.05, 3.63) is 21.7 Å². The van der Waals surface area contributed by atoms with Gasteiger partial charge in [-0.05, 0) is 13.5 Å². The summed E-state index contributed by atoms with van der Waals surface area (Å²) in [4.78, 5) is 22.5. The van der Waals surface area contributed by atoms with Crippen molar-refractivity contribution in [3.63, 3.8) is 0 Å². The zero-order valence-corrected chi connectivity index (χ0v) is 10.9. The molecule has 0 saturated carbocycles. The van der Waals surface area contributed by atoms with Crippen molar-refractivity contribution in [3.8, 4) is 0 Å². The number of piperazine rings is 1. The summed E-state index contributed by atoms with van der Waals surface area (Å²) in [5.74, 6) is 0.599. The average molecular weight is 257 g/mol. The van der Waals surface area contributed by atoms with Gasteiger partial charge in [0, 0.05) is 25.7 Å². The maximum atomic E-state index is 11.4. The maximum Gasteiger partial charge on any atom is 0.271 e. The van der Waals surface area contributed by atoms with Gasteiger partial charge in [0.25, 0.3) is 5.56 Å². The van der Waals surface area contributed by atoms with Crippen molar-refractivity contribution in [1.29, 1.82) is 0 Å². The minimum Gasteiger partial charge on any atom is -0.352 e. The summed E-state index contributed by atoms with van der Waals surface area (Å²) in [6.45, 7) is 4.84. The summed E-state index contributed by atoms with van der Waals surface area (Å²) in [6.07, 6.45) is 2.48. The first-order chi connectivity index (χ1) is 8.13. The molecule has 0 aromatic carbocycles. The molecule has 1 aromatic heterocycles. The second-order valence-corrected chi connectivity index (χ2v) is 4.74. The van der Waals surface area contributed by atoms with Crippen LogP contribution in [0.2, 0.25) is 5.02 Å². The van der Waals surface area contributed by atoms with Crippen molar-refractivity contribution in [1.82, 2.24) is 14.9 Å². The maximum absolute atomic E-state index is 11.4. The highest BCUT2D eigenvalue weighted by Gasteiger charge is 2.25. The Morgan fingerprint density at radius 3 is 3.06 bits per heavy atom. The number of hydrogen-bond acceptors (Lipinski definition) is 4. The van der Waals surface area contributed by atoms with Crippen molar-refractivity contribution in [2.45, 2.75) is 19.4 Å². The van der Waals surface area contributed by atoms with E-state index in [1.807, 2.05) is 0 Å². The van der Waals surface area contributed by atoms with Gasteiger partial charge in [-0.25, -0.2) is 4.98 Å². The van der Waals surface area contributed by atoms with Gasteiger partial charge in [0.1, 0.15) is 5.02 Å². The molecular weight excluding hydrogens is 240 g/mol. The molecule has 1 N–H and O–H groups in total. The van der Waals surface area contributed by atoms with Gasteiger partial charge in [0.05, 0.1) is 6.33 Å². The van der Waals surface area contributed by atoms with E-state index in [2.05, 4.69) is 33.7 Å². The number of nitrogens with one attached hydrogen (secondary N) is 1. The molecule has 94 valence electrons. The van der Waals surface area contributed by atoms with E-state index in [-0.39, 0.29) is 10.6 Å². The fraction of sp³-hybridized carbons (Fsp3) is 0.636. The second kappa shape index (κ2) is 5.06. The molecular formula is C11H17ClN4O. The predicted molar refractivity (Wildman–Crippen MR) is 68.8 cm³/mol. The Bertz CT molecular complexity index is 447. The van der Waals surface area contributed by atoms with E-state index in [0.29, 0.717) is 11.9 Å². The lowest BCUT2D eigenvalue weighted by molar-refractivity contribution is 0.213. The molecule has 0 aliphatic carbocycles. The van der Waals surface area contributed by atoms with Gasteiger partial charge >= 0.3 is 0 Å². The number of likely N-dealkylation sites (N-methyl/N-ethyl adjacent to an activating group) is 1. The van der Waals surface area contributed by atoms with Crippen LogP contribution in [0.5, 0.6) is 0 Å². The van der Waals surface area contributed by atoms with Crippen LogP contribution in [0.3, 0.4) is 0 Å². The fourth-order valence-electron chi connectivity index (χ4n) is 2.17. The quantitative estimate of drug-likeness (QED) is 0.856. The Labute approximate surface area is 105 Å². The van der Waals surface area contributed by atoms with Gasteiger partial charge in [-0.15, -0.1) is 0 Å². The molecule has 0 amide bonds. The van der Waals surface area contributed by atoms with Crippen LogP contribution in [0.4, 0.5) is 5.82 Å². The van der Waals surface area contributed by atoms with E-state index < -0.39 is 0 Å². The normalized spacial score (nSPS) is 21.8. The topological polar surface area (TPSA) is 52.2 Å². The Morgan fingerprint density at radius 2 is 2.35 bits per heavy atom. The lowest BCUT2D eigenvalue weighted by Gasteiger charge is -2.39. The smallest absolute Gasteiger partial charge is 0.271 e. The van der Waals surface area contributed by atoms with E-state index in [1.165, 1.54) is 6.33 Å². The molecule has 1 aromatic rings. The summed E-state index contributed by atoms with van der Waals surface area (Å²) in [7, 11) is 2.12. The molecule has 1 aliphatic rings. The van der Waals surface area contributed by atoms with Crippen LogP contribution >= 0.6 is 11.6 Å². The summed E-state index contributed by atoms with van der Waals surface area (Å²) >= 11 is 5.99. The second-order valence-electron chi connectivity index (χ2n) is 4.36. The Morgan fingerprint density at radius 1 is 1.59 bits per heavy atom. The van der Waals surface area contributed by atoms with Crippen LogP contribution in [-0.4, -0.2) is 47.6 Å². The number of nitrogens with zero attached hydrogens (tertiary/aromatic N) is 3. The number of aromatic nitrogens is 2. The molecule has 1 fully saturated rings. The predicted octanol–water partition coefficient (Wildman–Crippen LogP) is 0.954. The first kappa shape index (κ1) is 12.4. The Kier molecular flexibility index (Phi) is 3.69. The highest BCUT2D eigenvalue weighted by Crippen LogP contribution is 2.22. The van der Waals surface area contributed by atoms with E-state index in [4.69, 9.17) is 11.6 Å². The minimum absolute atomic E-state index is 0.187. The molecule has 1 atom stereocenters. The van der Waals surface area contributed by atoms with Crippen molar-refractivity contribution in [2.24, 2.45) is 0 Å². The monoisotopic (exact) mass is 256 g/mol. The van der Waals surface area contributed by atoms with Gasteiger partial charge in [-0.3, -0.25) is 9.69 Å². The summed E-state index contributed by atoms with van der Waals surface area (Å²) < 4.78 is 0. The third kappa shape index (κ3) is 2.45. The number of H-pyrrole nitrogens is 1. The summed E-state index contributed by atoms with van der Waals surface area (Å²) in [5.41, 5.74) is -0.274. The highest BCUT2D eigenvalue weighted by molar-refractivity contribution is 6.32. The molecule has 2 rings (SSSR count). The lowest BCUT2D eigenvalue weighted by Crippen LogP contribution is -2.51. The molecule has 1 aliphatic heterocycles. The highest BCUT2D eigenvalue weighted by atomic mass is 35.5. The number of anilines is 1. The standard InChI is InChI=1S/C11H17ClN4O/c1-3-8-6-16(5-4-15(8)2)10-9(12)11(17)14-7-13-10/h7-8H,3-6H2,1-2H3,(H,13,14,17). The average Bonchev–Trinajstić information content (AvgIpc) is 2.34. The zero-order valence-electron chi connectivity index (χ0n) is 10.1. The lowest BCUT2D eigenvalue weighted by atomic mass is 10.1. The van der Waals surface area contributed by atoms with Crippen LogP contribution in [-0.2, 0) is 0 Å². The Hall–Kier alpha value is -1.07. The van der Waals surface area contributed by atoms with E-state index in [9.17, 15) is 4.79 Å². The third-order valence-electron chi connectivity index (χ3n) is 3.33. The molecule has 5 nitrogen and oxygen atoms in total. The molecule has 0 spiro atoms. The molecule has 2 heterocycles. The van der Waals surface area contributed by atoms with Gasteiger partial charge in [-0.1, -0.05) is 18.5 Å². The van der Waals surface area contributed by atoms with Crippen LogP contribution in [0.1, 0.15) is 13.3 Å². The van der Waals surface area contributed by atoms with Crippen LogP contribution in [0.25, 0.3) is 0 Å². The molecule has 6 heteroatoms. The number of halogens is 1. The van der Waals surface area contributed by atoms with E-state index >= 15 is 0 Å². The van der Waals surface area contributed by atoms with Crippen molar-refractivity contribution < 1.29 is 0 Å². The first-order valence-corrected chi connectivity index (χ1v) is 6.19. The molecule has 0 radical (unpaired) electrons. The minimum atomic E-state index is -0.274. The first-order valence-electron chi connectivity index (χ1n) is 5.81. The van der Waals surface area contributed by atoms with Crippen molar-refractivity contribution in [2.75, 3.05) is 31.6 Å². The Balaban J connectivity index is 2.23. The molecule has 1 saturated heterocycles. The summed E-state index contributed by atoms with van der Waals surface area (Å²) in [5, 5.41) is 0.187. The van der Waals surface area contributed by atoms with Crippen LogP contribution in [0.15, 0.2) is 11.1 Å². The fourth-order valence-corrected chi connectivity index (χ4v) is 2.40. The molecule has 17 heavy (non-hydrogen) atoms. The number of rotatable bonds is 2. The molecule has 1 unspecified atom stereocenters. The summed E-state index contributed by atoms with van der Waals surface area (Å²) in [6, 6.07) is 0.487. The van der Waals surface area contributed by atoms with Crippen molar-refractivity contribution >= 4 is 17.4 Å². The van der Waals surface area contributed by atoms with Gasteiger partial charge in [0.15, 0.2) is 5.82 Å².